The van der Waals surface area contributed by atoms with Crippen molar-refractivity contribution in [3.8, 4) is 0 Å². The largest absolute Gasteiger partial charge is 0.374 e. The van der Waals surface area contributed by atoms with E-state index in [-0.39, 0.29) is 18.1 Å². The smallest absolute Gasteiger partial charge is 0.273 e. The van der Waals surface area contributed by atoms with E-state index in [9.17, 15) is 4.79 Å². The molecule has 0 unspecified atom stereocenters. The molecule has 26 heavy (non-hydrogen) atoms. The summed E-state index contributed by atoms with van der Waals surface area (Å²) in [5.41, 5.74) is 2.15. The molecule has 1 N–H and O–H groups in total. The van der Waals surface area contributed by atoms with Crippen LogP contribution >= 0.6 is 0 Å². The van der Waals surface area contributed by atoms with E-state index in [1.165, 1.54) is 25.7 Å². The van der Waals surface area contributed by atoms with Gasteiger partial charge in [0.05, 0.1) is 12.1 Å². The molecule has 6 nitrogen and oxygen atoms in total. The van der Waals surface area contributed by atoms with Crippen LogP contribution in [-0.4, -0.2) is 55.5 Å². The summed E-state index contributed by atoms with van der Waals surface area (Å²) in [6, 6.07) is 0.0500. The van der Waals surface area contributed by atoms with Gasteiger partial charge in [-0.2, -0.15) is 0 Å². The van der Waals surface area contributed by atoms with Gasteiger partial charge >= 0.3 is 0 Å². The molecular formula is C20H26N4O2. The Labute approximate surface area is 154 Å². The van der Waals surface area contributed by atoms with Crippen molar-refractivity contribution in [3.05, 3.63) is 23.3 Å². The van der Waals surface area contributed by atoms with Gasteiger partial charge in [-0.3, -0.25) is 9.79 Å². The Balaban J connectivity index is 1.49. The molecule has 2 atom stereocenters. The molecule has 0 bridgehead atoms. The molecule has 138 valence electrons. The molecule has 1 amide bonds. The predicted molar refractivity (Wildman–Crippen MR) is 103 cm³/mol. The first kappa shape index (κ1) is 17.5. The van der Waals surface area contributed by atoms with Crippen LogP contribution in [0.2, 0.25) is 0 Å². The van der Waals surface area contributed by atoms with Crippen LogP contribution in [0.15, 0.2) is 38.3 Å². The van der Waals surface area contributed by atoms with Crippen molar-refractivity contribution in [1.29, 1.82) is 0 Å². The highest BCUT2D eigenvalue weighted by Crippen LogP contribution is 2.26. The Hall–Kier alpha value is -1.92. The van der Waals surface area contributed by atoms with Crippen LogP contribution in [0.25, 0.3) is 0 Å². The van der Waals surface area contributed by atoms with Gasteiger partial charge in [0.1, 0.15) is 5.71 Å². The fourth-order valence-corrected chi connectivity index (χ4v) is 4.00. The summed E-state index contributed by atoms with van der Waals surface area (Å²) in [5.74, 6) is 1.04. The number of rotatable bonds is 4. The van der Waals surface area contributed by atoms with E-state index in [1.54, 1.807) is 13.1 Å². The molecule has 0 aromatic rings. The number of nitrogens with zero attached hydrogens (tertiary/aromatic N) is 3. The summed E-state index contributed by atoms with van der Waals surface area (Å²) in [6.45, 7) is 4.34. The van der Waals surface area contributed by atoms with E-state index in [1.807, 2.05) is 12.2 Å². The predicted octanol–water partition coefficient (Wildman–Crippen LogP) is 2.26. The highest BCUT2D eigenvalue weighted by atomic mass is 16.5. The Morgan fingerprint density at radius 1 is 1.31 bits per heavy atom. The van der Waals surface area contributed by atoms with Crippen molar-refractivity contribution in [2.24, 2.45) is 20.9 Å². The van der Waals surface area contributed by atoms with Crippen LogP contribution in [-0.2, 0) is 9.53 Å². The molecule has 1 aliphatic carbocycles. The second kappa shape index (κ2) is 7.76. The van der Waals surface area contributed by atoms with Gasteiger partial charge in [0.25, 0.3) is 5.91 Å². The first-order valence-electron chi connectivity index (χ1n) is 9.67. The minimum atomic E-state index is -0.207. The lowest BCUT2D eigenvalue weighted by Gasteiger charge is -2.31. The standard InChI is InChI=1S/C20H26N4O2/c1-13-10-15-6-9-22-19(18(15)24-20(13)25)23-16-7-8-21-11-17(16)26-12-14-4-2-3-5-14/h6,9-10,14,16-17,21H,2-5,7-8,11-12H2,1H3/t16-,17-/m1/s1. The van der Waals surface area contributed by atoms with E-state index in [4.69, 9.17) is 9.73 Å². The number of hydrogen-bond acceptors (Lipinski definition) is 4. The molecule has 1 saturated carbocycles. The summed E-state index contributed by atoms with van der Waals surface area (Å²) >= 11 is 0. The minimum absolute atomic E-state index is 0.0500. The number of piperidine rings is 1. The molecule has 4 rings (SSSR count). The third-order valence-electron chi connectivity index (χ3n) is 5.56. The second-order valence-corrected chi connectivity index (χ2v) is 7.53. The number of allylic oxidation sites excluding steroid dienone is 2. The third-order valence-corrected chi connectivity index (χ3v) is 5.56. The number of carbonyl (C=O) groups is 1. The zero-order valence-electron chi connectivity index (χ0n) is 15.3. The van der Waals surface area contributed by atoms with Gasteiger partial charge in [0.2, 0.25) is 0 Å². The normalized spacial score (nSPS) is 30.9. The zero-order valence-corrected chi connectivity index (χ0v) is 15.3. The van der Waals surface area contributed by atoms with Gasteiger partial charge in [-0.15, -0.1) is 0 Å². The number of amidine groups is 1. The number of amides is 1. The average Bonchev–Trinajstić information content (AvgIpc) is 3.16. The lowest BCUT2D eigenvalue weighted by Crippen LogP contribution is -2.46. The minimum Gasteiger partial charge on any atom is -0.374 e. The number of aliphatic imine (C=N–C) groups is 3. The SMILES string of the molecule is CC1=CC2=CC=NC(=N[C@@H]3CCNC[C@H]3OCC3CCCC3)C2=NC1=O. The van der Waals surface area contributed by atoms with Crippen LogP contribution in [0, 0.1) is 5.92 Å². The maximum atomic E-state index is 12.0. The highest BCUT2D eigenvalue weighted by Gasteiger charge is 2.29. The zero-order chi connectivity index (χ0) is 17.9. The molecule has 0 spiro atoms. The fraction of sp³-hybridized carbons (Fsp3) is 0.600. The van der Waals surface area contributed by atoms with E-state index in [0.29, 0.717) is 23.0 Å². The van der Waals surface area contributed by atoms with Crippen molar-refractivity contribution in [2.75, 3.05) is 19.7 Å². The Morgan fingerprint density at radius 3 is 3.00 bits per heavy atom. The fourth-order valence-electron chi connectivity index (χ4n) is 4.00. The lowest BCUT2D eigenvalue weighted by atomic mass is 9.99. The Morgan fingerprint density at radius 2 is 2.15 bits per heavy atom. The first-order chi connectivity index (χ1) is 12.7. The Bertz CT molecular complexity index is 726. The van der Waals surface area contributed by atoms with Gasteiger partial charge in [0, 0.05) is 30.5 Å². The molecule has 2 fully saturated rings. The van der Waals surface area contributed by atoms with Crippen molar-refractivity contribution >= 4 is 23.7 Å². The van der Waals surface area contributed by atoms with Crippen LogP contribution in [0.4, 0.5) is 0 Å². The molecule has 4 aliphatic rings. The van der Waals surface area contributed by atoms with Crippen LogP contribution in [0.5, 0.6) is 0 Å². The number of carbonyl (C=O) groups excluding carboxylic acids is 1. The summed E-state index contributed by atoms with van der Waals surface area (Å²) in [5, 5.41) is 3.41. The van der Waals surface area contributed by atoms with Gasteiger partial charge in [-0.1, -0.05) is 12.8 Å². The van der Waals surface area contributed by atoms with Crippen molar-refractivity contribution in [2.45, 2.75) is 51.2 Å². The maximum absolute atomic E-state index is 12.0. The molecule has 0 radical (unpaired) electrons. The number of fused-ring (bicyclic) bond motifs is 1. The monoisotopic (exact) mass is 354 g/mol. The van der Waals surface area contributed by atoms with Gasteiger partial charge in [0.15, 0.2) is 5.84 Å². The highest BCUT2D eigenvalue weighted by molar-refractivity contribution is 6.53. The molecule has 3 aliphatic heterocycles. The van der Waals surface area contributed by atoms with Gasteiger partial charge in [-0.05, 0) is 50.8 Å². The van der Waals surface area contributed by atoms with Crippen LogP contribution in [0.3, 0.4) is 0 Å². The molecule has 3 heterocycles. The lowest BCUT2D eigenvalue weighted by molar-refractivity contribution is -0.114. The second-order valence-electron chi connectivity index (χ2n) is 7.53. The van der Waals surface area contributed by atoms with E-state index in [0.717, 1.165) is 31.7 Å². The molecule has 1 saturated heterocycles. The number of dihydropyridines is 2. The van der Waals surface area contributed by atoms with Crippen molar-refractivity contribution < 1.29 is 9.53 Å². The van der Waals surface area contributed by atoms with Gasteiger partial charge < -0.3 is 10.1 Å². The average molecular weight is 354 g/mol. The first-order valence-corrected chi connectivity index (χ1v) is 9.67. The third kappa shape index (κ3) is 3.76. The molecule has 6 heteroatoms. The molecular weight excluding hydrogens is 328 g/mol. The van der Waals surface area contributed by atoms with Crippen LogP contribution < -0.4 is 5.32 Å². The topological polar surface area (TPSA) is 75.4 Å². The summed E-state index contributed by atoms with van der Waals surface area (Å²) in [6.07, 6.45) is 11.7. The molecule has 0 aromatic carbocycles. The van der Waals surface area contributed by atoms with Crippen molar-refractivity contribution in [1.82, 2.24) is 5.32 Å². The van der Waals surface area contributed by atoms with Gasteiger partial charge in [-0.25, -0.2) is 9.98 Å². The van der Waals surface area contributed by atoms with E-state index >= 15 is 0 Å². The van der Waals surface area contributed by atoms with Crippen LogP contribution in [0.1, 0.15) is 39.0 Å². The number of ether oxygens (including phenoxy) is 1. The van der Waals surface area contributed by atoms with Crippen molar-refractivity contribution in [3.63, 3.8) is 0 Å². The summed E-state index contributed by atoms with van der Waals surface area (Å²) in [7, 11) is 0. The summed E-state index contributed by atoms with van der Waals surface area (Å²) < 4.78 is 6.24. The quantitative estimate of drug-likeness (QED) is 0.841. The Kier molecular flexibility index (Phi) is 5.22. The molecule has 0 aromatic heterocycles. The summed E-state index contributed by atoms with van der Waals surface area (Å²) in [4.78, 5) is 25.4. The number of hydrogen-bond donors (Lipinski definition) is 1. The number of nitrogens with one attached hydrogen (secondary N) is 1. The maximum Gasteiger partial charge on any atom is 0.273 e. The van der Waals surface area contributed by atoms with E-state index < -0.39 is 0 Å². The van der Waals surface area contributed by atoms with E-state index in [2.05, 4.69) is 15.3 Å².